The van der Waals surface area contributed by atoms with E-state index in [1.54, 1.807) is 25.2 Å². The van der Waals surface area contributed by atoms with Crippen molar-refractivity contribution >= 4 is 23.2 Å². The largest absolute Gasteiger partial charge is 0.465 e. The number of H-pyrrole nitrogens is 1. The van der Waals surface area contributed by atoms with Crippen LogP contribution >= 0.6 is 11.3 Å². The van der Waals surface area contributed by atoms with Crippen molar-refractivity contribution in [1.29, 1.82) is 0 Å². The second-order valence-corrected chi connectivity index (χ2v) is 7.63. The van der Waals surface area contributed by atoms with E-state index in [1.807, 2.05) is 24.4 Å². The van der Waals surface area contributed by atoms with Crippen molar-refractivity contribution in [2.24, 2.45) is 0 Å². The average Bonchev–Trinajstić information content (AvgIpc) is 3.24. The van der Waals surface area contributed by atoms with Gasteiger partial charge in [0.25, 0.3) is 5.91 Å². The lowest BCUT2D eigenvalue weighted by atomic mass is 10.1. The first-order valence-corrected chi connectivity index (χ1v) is 9.85. The fourth-order valence-corrected chi connectivity index (χ4v) is 3.75. The molecule has 0 atom stereocenters. The number of nitrogens with zero attached hydrogens (tertiary/aromatic N) is 1. The van der Waals surface area contributed by atoms with Crippen LogP contribution in [0.25, 0.3) is 11.3 Å². The van der Waals surface area contributed by atoms with Crippen molar-refractivity contribution in [3.63, 3.8) is 0 Å². The molecular formula is C21H23N3O3S. The Balaban J connectivity index is 1.59. The van der Waals surface area contributed by atoms with Crippen LogP contribution in [0.5, 0.6) is 0 Å². The van der Waals surface area contributed by atoms with Crippen molar-refractivity contribution in [2.45, 2.75) is 27.2 Å². The molecule has 0 bridgehead atoms. The zero-order valence-corrected chi connectivity index (χ0v) is 17.2. The first-order chi connectivity index (χ1) is 13.4. The Morgan fingerprint density at radius 1 is 1.18 bits per heavy atom. The number of methoxy groups -OCH3 is 1. The van der Waals surface area contributed by atoms with Crippen molar-refractivity contribution in [2.75, 3.05) is 13.7 Å². The Bertz CT molecular complexity index is 1000. The Morgan fingerprint density at radius 2 is 1.89 bits per heavy atom. The number of hydrogen-bond donors (Lipinski definition) is 2. The predicted molar refractivity (Wildman–Crippen MR) is 110 cm³/mol. The monoisotopic (exact) mass is 397 g/mol. The third-order valence-electron chi connectivity index (χ3n) is 4.62. The van der Waals surface area contributed by atoms with Crippen LogP contribution in [0.3, 0.4) is 0 Å². The van der Waals surface area contributed by atoms with Crippen LogP contribution in [-0.4, -0.2) is 35.5 Å². The van der Waals surface area contributed by atoms with Gasteiger partial charge in [-0.2, -0.15) is 0 Å². The zero-order valence-electron chi connectivity index (χ0n) is 16.4. The van der Waals surface area contributed by atoms with Crippen LogP contribution in [0, 0.1) is 20.8 Å². The molecule has 1 aromatic carbocycles. The number of ether oxygens (including phenoxy) is 1. The van der Waals surface area contributed by atoms with Gasteiger partial charge in [-0.15, -0.1) is 11.3 Å². The van der Waals surface area contributed by atoms with Crippen molar-refractivity contribution in [3.8, 4) is 11.3 Å². The molecule has 0 fully saturated rings. The molecule has 1 amide bonds. The van der Waals surface area contributed by atoms with Gasteiger partial charge in [-0.25, -0.2) is 9.78 Å². The van der Waals surface area contributed by atoms with E-state index in [-0.39, 0.29) is 5.91 Å². The molecule has 2 heterocycles. The van der Waals surface area contributed by atoms with E-state index >= 15 is 0 Å². The maximum atomic E-state index is 12.5. The van der Waals surface area contributed by atoms with E-state index < -0.39 is 5.97 Å². The third kappa shape index (κ3) is 4.14. The zero-order chi connectivity index (χ0) is 20.3. The number of aromatic amines is 1. The topological polar surface area (TPSA) is 84.1 Å². The highest BCUT2D eigenvalue weighted by molar-refractivity contribution is 7.09. The smallest absolute Gasteiger partial charge is 0.339 e. The summed E-state index contributed by atoms with van der Waals surface area (Å²) >= 11 is 1.63. The summed E-state index contributed by atoms with van der Waals surface area (Å²) in [4.78, 5) is 31.8. The highest BCUT2D eigenvalue weighted by atomic mass is 32.1. The molecule has 7 heteroatoms. The fourth-order valence-electron chi connectivity index (χ4n) is 3.13. The van der Waals surface area contributed by atoms with E-state index in [2.05, 4.69) is 27.4 Å². The van der Waals surface area contributed by atoms with Gasteiger partial charge in [0.1, 0.15) is 5.69 Å². The molecule has 0 aliphatic heterocycles. The highest BCUT2D eigenvalue weighted by Crippen LogP contribution is 2.22. The summed E-state index contributed by atoms with van der Waals surface area (Å²) in [6.07, 6.45) is 0.713. The fraction of sp³-hybridized carbons (Fsp3) is 0.286. The number of hydrogen-bond acceptors (Lipinski definition) is 5. The number of aryl methyl sites for hydroxylation is 2. The van der Waals surface area contributed by atoms with E-state index in [9.17, 15) is 9.59 Å². The maximum absolute atomic E-state index is 12.5. The lowest BCUT2D eigenvalue weighted by molar-refractivity contribution is 0.0599. The number of rotatable bonds is 6. The first-order valence-electron chi connectivity index (χ1n) is 8.97. The lowest BCUT2D eigenvalue weighted by Crippen LogP contribution is -2.26. The van der Waals surface area contributed by atoms with Gasteiger partial charge in [0, 0.05) is 23.2 Å². The molecule has 2 N–H and O–H groups in total. The van der Waals surface area contributed by atoms with Crippen LogP contribution in [0.4, 0.5) is 0 Å². The number of carbonyl (C=O) groups excluding carboxylic acids is 2. The Hall–Kier alpha value is -2.93. The summed E-state index contributed by atoms with van der Waals surface area (Å²) in [6, 6.07) is 8.20. The molecule has 2 aromatic heterocycles. The second kappa shape index (κ2) is 8.39. The number of nitrogens with one attached hydrogen (secondary N) is 2. The number of thiazole rings is 1. The number of benzene rings is 1. The average molecular weight is 398 g/mol. The minimum absolute atomic E-state index is 0.231. The van der Waals surface area contributed by atoms with Gasteiger partial charge in [-0.1, -0.05) is 24.3 Å². The summed E-state index contributed by atoms with van der Waals surface area (Å²) in [5.41, 5.74) is 5.25. The summed E-state index contributed by atoms with van der Waals surface area (Å²) in [7, 11) is 1.33. The van der Waals surface area contributed by atoms with E-state index in [1.165, 1.54) is 7.11 Å². The number of esters is 1. The Kier molecular flexibility index (Phi) is 5.94. The van der Waals surface area contributed by atoms with Crippen LogP contribution in [-0.2, 0) is 11.2 Å². The molecule has 0 unspecified atom stereocenters. The van der Waals surface area contributed by atoms with Gasteiger partial charge < -0.3 is 15.0 Å². The van der Waals surface area contributed by atoms with Gasteiger partial charge in [-0.3, -0.25) is 4.79 Å². The summed E-state index contributed by atoms with van der Waals surface area (Å²) in [5, 5.41) is 6.00. The van der Waals surface area contributed by atoms with E-state index in [0.717, 1.165) is 21.8 Å². The standard InChI is InChI=1S/C21H23N3O3S/c1-12-18(21(26)27-4)13(2)23-19(12)20(25)22-10-9-15-5-7-16(8-6-15)17-11-28-14(3)24-17/h5-8,11,23H,9-10H2,1-4H3,(H,22,25). The van der Waals surface area contributed by atoms with E-state index in [4.69, 9.17) is 4.74 Å². The molecule has 6 nitrogen and oxygen atoms in total. The molecule has 146 valence electrons. The molecule has 3 aromatic rings. The van der Waals surface area contributed by atoms with Gasteiger partial charge in [0.15, 0.2) is 0 Å². The van der Waals surface area contributed by atoms with Gasteiger partial charge >= 0.3 is 5.97 Å². The maximum Gasteiger partial charge on any atom is 0.339 e. The molecule has 0 spiro atoms. The number of carbonyl (C=O) groups is 2. The normalized spacial score (nSPS) is 10.7. The summed E-state index contributed by atoms with van der Waals surface area (Å²) in [6.45, 7) is 5.98. The van der Waals surface area contributed by atoms with Gasteiger partial charge in [-0.05, 0) is 38.3 Å². The summed E-state index contributed by atoms with van der Waals surface area (Å²) < 4.78 is 4.78. The van der Waals surface area contributed by atoms with E-state index in [0.29, 0.717) is 35.5 Å². The van der Waals surface area contributed by atoms with Crippen LogP contribution in [0.1, 0.15) is 42.7 Å². The Labute approximate surface area is 168 Å². The van der Waals surface area contributed by atoms with Crippen molar-refractivity contribution in [1.82, 2.24) is 15.3 Å². The minimum atomic E-state index is -0.444. The number of aromatic nitrogens is 2. The third-order valence-corrected chi connectivity index (χ3v) is 5.40. The lowest BCUT2D eigenvalue weighted by Gasteiger charge is -2.06. The van der Waals surface area contributed by atoms with Crippen LogP contribution in [0.15, 0.2) is 29.6 Å². The molecule has 28 heavy (non-hydrogen) atoms. The summed E-state index contributed by atoms with van der Waals surface area (Å²) in [5.74, 6) is -0.675. The van der Waals surface area contributed by atoms with Crippen LogP contribution in [0.2, 0.25) is 0 Å². The number of amides is 1. The second-order valence-electron chi connectivity index (χ2n) is 6.57. The highest BCUT2D eigenvalue weighted by Gasteiger charge is 2.22. The van der Waals surface area contributed by atoms with Crippen molar-refractivity contribution in [3.05, 3.63) is 62.7 Å². The molecule has 0 saturated heterocycles. The molecule has 0 aliphatic carbocycles. The van der Waals surface area contributed by atoms with Gasteiger partial charge in [0.2, 0.25) is 0 Å². The minimum Gasteiger partial charge on any atom is -0.465 e. The molecule has 0 saturated carbocycles. The van der Waals surface area contributed by atoms with Crippen molar-refractivity contribution < 1.29 is 14.3 Å². The SMILES string of the molecule is COC(=O)c1c(C)[nH]c(C(=O)NCCc2ccc(-c3csc(C)n3)cc2)c1C. The molecule has 3 rings (SSSR count). The molecule has 0 radical (unpaired) electrons. The molecular weight excluding hydrogens is 374 g/mol. The Morgan fingerprint density at radius 3 is 2.50 bits per heavy atom. The first kappa shape index (κ1) is 19.8. The molecule has 0 aliphatic rings. The quantitative estimate of drug-likeness (QED) is 0.619. The van der Waals surface area contributed by atoms with Crippen LogP contribution < -0.4 is 5.32 Å². The van der Waals surface area contributed by atoms with Gasteiger partial charge in [0.05, 0.1) is 23.4 Å². The predicted octanol–water partition coefficient (Wildman–Crippen LogP) is 3.82.